The minimum atomic E-state index is -0.196. The van der Waals surface area contributed by atoms with Gasteiger partial charge in [0.1, 0.15) is 11.6 Å². The first-order valence-corrected chi connectivity index (χ1v) is 8.67. The van der Waals surface area contributed by atoms with Gasteiger partial charge in [0, 0.05) is 9.80 Å². The SMILES string of the molecule is COc1ccccc1CC(CBr)Cc1cc(F)ccc1Br. The quantitative estimate of drug-likeness (QED) is 0.574. The molecule has 0 saturated carbocycles. The maximum Gasteiger partial charge on any atom is 0.123 e. The number of rotatable bonds is 6. The van der Waals surface area contributed by atoms with E-state index in [0.717, 1.165) is 34.0 Å². The fraction of sp³-hybridized carbons (Fsp3) is 0.294. The highest BCUT2D eigenvalue weighted by Crippen LogP contribution is 2.26. The fourth-order valence-electron chi connectivity index (χ4n) is 2.37. The molecule has 0 spiro atoms. The van der Waals surface area contributed by atoms with E-state index in [9.17, 15) is 4.39 Å². The third-order valence-electron chi connectivity index (χ3n) is 3.44. The summed E-state index contributed by atoms with van der Waals surface area (Å²) in [6.07, 6.45) is 1.69. The molecule has 2 aromatic carbocycles. The van der Waals surface area contributed by atoms with E-state index in [2.05, 4.69) is 37.9 Å². The summed E-state index contributed by atoms with van der Waals surface area (Å²) in [4.78, 5) is 0. The predicted molar refractivity (Wildman–Crippen MR) is 91.8 cm³/mol. The molecule has 1 unspecified atom stereocenters. The van der Waals surface area contributed by atoms with Gasteiger partial charge in [-0.15, -0.1) is 0 Å². The van der Waals surface area contributed by atoms with Crippen molar-refractivity contribution in [1.82, 2.24) is 0 Å². The Balaban J connectivity index is 2.15. The third kappa shape index (κ3) is 4.55. The zero-order valence-electron chi connectivity index (χ0n) is 11.8. The van der Waals surface area contributed by atoms with Gasteiger partial charge in [-0.25, -0.2) is 4.39 Å². The van der Waals surface area contributed by atoms with Crippen molar-refractivity contribution in [3.8, 4) is 5.75 Å². The number of halogens is 3. The Hall–Kier alpha value is -0.870. The minimum absolute atomic E-state index is 0.196. The van der Waals surface area contributed by atoms with Crippen LogP contribution in [0.5, 0.6) is 5.75 Å². The molecule has 0 saturated heterocycles. The van der Waals surface area contributed by atoms with E-state index in [1.54, 1.807) is 19.2 Å². The van der Waals surface area contributed by atoms with Crippen LogP contribution in [0.4, 0.5) is 4.39 Å². The van der Waals surface area contributed by atoms with Gasteiger partial charge in [0.25, 0.3) is 0 Å². The van der Waals surface area contributed by atoms with E-state index in [4.69, 9.17) is 4.74 Å². The Morgan fingerprint density at radius 2 is 1.81 bits per heavy atom. The van der Waals surface area contributed by atoms with Gasteiger partial charge in [-0.1, -0.05) is 50.1 Å². The van der Waals surface area contributed by atoms with Gasteiger partial charge in [-0.2, -0.15) is 0 Å². The monoisotopic (exact) mass is 414 g/mol. The van der Waals surface area contributed by atoms with E-state index in [-0.39, 0.29) is 5.82 Å². The fourth-order valence-corrected chi connectivity index (χ4v) is 3.24. The van der Waals surface area contributed by atoms with Crippen LogP contribution in [-0.2, 0) is 12.8 Å². The van der Waals surface area contributed by atoms with Crippen LogP contribution in [0.25, 0.3) is 0 Å². The highest BCUT2D eigenvalue weighted by molar-refractivity contribution is 9.10. The van der Waals surface area contributed by atoms with Crippen LogP contribution in [0.15, 0.2) is 46.9 Å². The van der Waals surface area contributed by atoms with Gasteiger partial charge in [0.05, 0.1) is 7.11 Å². The van der Waals surface area contributed by atoms with E-state index < -0.39 is 0 Å². The Bertz CT molecular complexity index is 601. The lowest BCUT2D eigenvalue weighted by Gasteiger charge is -2.17. The maximum absolute atomic E-state index is 13.4. The molecule has 1 atom stereocenters. The second-order valence-corrected chi connectivity index (χ2v) is 6.48. The summed E-state index contributed by atoms with van der Waals surface area (Å²) in [5, 5.41) is 0.855. The molecule has 0 aliphatic heterocycles. The van der Waals surface area contributed by atoms with E-state index in [0.29, 0.717) is 5.92 Å². The van der Waals surface area contributed by atoms with Crippen LogP contribution in [-0.4, -0.2) is 12.4 Å². The highest BCUT2D eigenvalue weighted by atomic mass is 79.9. The van der Waals surface area contributed by atoms with Gasteiger partial charge >= 0.3 is 0 Å². The molecule has 112 valence electrons. The number of ether oxygens (including phenoxy) is 1. The maximum atomic E-state index is 13.4. The number of methoxy groups -OCH3 is 1. The summed E-state index contributed by atoms with van der Waals surface area (Å²) in [5.41, 5.74) is 2.17. The zero-order valence-corrected chi connectivity index (χ0v) is 15.0. The summed E-state index contributed by atoms with van der Waals surface area (Å²) in [5.74, 6) is 1.08. The second kappa shape index (κ2) is 7.95. The zero-order chi connectivity index (χ0) is 15.2. The molecular weight excluding hydrogens is 399 g/mol. The first-order valence-electron chi connectivity index (χ1n) is 6.75. The minimum Gasteiger partial charge on any atom is -0.496 e. The average molecular weight is 416 g/mol. The summed E-state index contributed by atoms with van der Waals surface area (Å²) in [6, 6.07) is 12.9. The van der Waals surface area contributed by atoms with Crippen molar-refractivity contribution in [1.29, 1.82) is 0 Å². The topological polar surface area (TPSA) is 9.23 Å². The van der Waals surface area contributed by atoms with Crippen molar-refractivity contribution in [2.75, 3.05) is 12.4 Å². The summed E-state index contributed by atoms with van der Waals surface area (Å²) in [7, 11) is 1.69. The first kappa shape index (κ1) is 16.5. The molecule has 1 nitrogen and oxygen atoms in total. The van der Waals surface area contributed by atoms with Crippen molar-refractivity contribution in [2.24, 2.45) is 5.92 Å². The number of alkyl halides is 1. The third-order valence-corrected chi connectivity index (χ3v) is 5.12. The van der Waals surface area contributed by atoms with Crippen LogP contribution in [0.1, 0.15) is 11.1 Å². The molecule has 21 heavy (non-hydrogen) atoms. The van der Waals surface area contributed by atoms with Crippen molar-refractivity contribution in [2.45, 2.75) is 12.8 Å². The van der Waals surface area contributed by atoms with E-state index in [1.165, 1.54) is 11.6 Å². The van der Waals surface area contributed by atoms with Crippen molar-refractivity contribution in [3.63, 3.8) is 0 Å². The highest BCUT2D eigenvalue weighted by Gasteiger charge is 2.14. The smallest absolute Gasteiger partial charge is 0.123 e. The van der Waals surface area contributed by atoms with E-state index in [1.807, 2.05) is 18.2 Å². The Morgan fingerprint density at radius 3 is 2.52 bits per heavy atom. The summed E-state index contributed by atoms with van der Waals surface area (Å²) < 4.78 is 19.7. The lowest BCUT2D eigenvalue weighted by Crippen LogP contribution is -2.11. The molecule has 2 aromatic rings. The number of para-hydroxylation sites is 1. The molecule has 0 bridgehead atoms. The largest absolute Gasteiger partial charge is 0.496 e. The number of hydrogen-bond acceptors (Lipinski definition) is 1. The Labute approximate surface area is 141 Å². The van der Waals surface area contributed by atoms with Crippen molar-refractivity contribution < 1.29 is 9.13 Å². The van der Waals surface area contributed by atoms with Crippen LogP contribution < -0.4 is 4.74 Å². The molecule has 0 heterocycles. The molecular formula is C17H17Br2FO. The van der Waals surface area contributed by atoms with Crippen LogP contribution in [0, 0.1) is 11.7 Å². The Kier molecular flexibility index (Phi) is 6.24. The van der Waals surface area contributed by atoms with Gasteiger partial charge in [0.2, 0.25) is 0 Å². The van der Waals surface area contributed by atoms with Gasteiger partial charge < -0.3 is 4.74 Å². The van der Waals surface area contributed by atoms with Crippen LogP contribution >= 0.6 is 31.9 Å². The molecule has 0 aliphatic rings. The lowest BCUT2D eigenvalue weighted by atomic mass is 9.94. The van der Waals surface area contributed by atoms with Crippen molar-refractivity contribution >= 4 is 31.9 Å². The molecule has 0 fully saturated rings. The van der Waals surface area contributed by atoms with E-state index >= 15 is 0 Å². The molecule has 0 N–H and O–H groups in total. The summed E-state index contributed by atoms with van der Waals surface area (Å²) in [6.45, 7) is 0. The number of benzene rings is 2. The molecule has 0 radical (unpaired) electrons. The molecule has 2 rings (SSSR count). The molecule has 0 amide bonds. The average Bonchev–Trinajstić information content (AvgIpc) is 2.50. The normalized spacial score (nSPS) is 12.2. The van der Waals surface area contributed by atoms with Crippen LogP contribution in [0.3, 0.4) is 0 Å². The lowest BCUT2D eigenvalue weighted by molar-refractivity contribution is 0.405. The molecule has 0 aromatic heterocycles. The standard InChI is InChI=1S/C17H17Br2FO/c1-21-17-5-3-2-4-13(17)8-12(11-18)9-14-10-15(20)6-7-16(14)19/h2-7,10,12H,8-9,11H2,1H3. The first-order chi connectivity index (χ1) is 10.1. The van der Waals surface area contributed by atoms with Crippen molar-refractivity contribution in [3.05, 3.63) is 63.9 Å². The molecule has 0 aliphatic carbocycles. The van der Waals surface area contributed by atoms with Crippen LogP contribution in [0.2, 0.25) is 0 Å². The summed E-state index contributed by atoms with van der Waals surface area (Å²) >= 11 is 7.07. The van der Waals surface area contributed by atoms with Gasteiger partial charge in [-0.05, 0) is 54.2 Å². The Morgan fingerprint density at radius 1 is 1.10 bits per heavy atom. The van der Waals surface area contributed by atoms with Gasteiger partial charge in [-0.3, -0.25) is 0 Å². The number of hydrogen-bond donors (Lipinski definition) is 0. The molecule has 4 heteroatoms. The van der Waals surface area contributed by atoms with Gasteiger partial charge in [0.15, 0.2) is 0 Å². The predicted octanol–water partition coefficient (Wildman–Crippen LogP) is 5.39. The second-order valence-electron chi connectivity index (χ2n) is 4.98.